The van der Waals surface area contributed by atoms with E-state index in [-0.39, 0.29) is 16.8 Å². The molecule has 1 aromatic rings. The summed E-state index contributed by atoms with van der Waals surface area (Å²) >= 11 is 5.71. The highest BCUT2D eigenvalue weighted by Crippen LogP contribution is 2.24. The largest absolute Gasteiger partial charge is 0.310 e. The van der Waals surface area contributed by atoms with E-state index in [2.05, 4.69) is 5.32 Å². The summed E-state index contributed by atoms with van der Waals surface area (Å²) in [5, 5.41) is 3.42. The molecule has 0 amide bonds. The zero-order valence-electron chi connectivity index (χ0n) is 11.6. The fraction of sp³-hybridized carbons (Fsp3) is 0.571. The third-order valence-corrected chi connectivity index (χ3v) is 6.32. The fourth-order valence-electron chi connectivity index (χ4n) is 3.09. The van der Waals surface area contributed by atoms with Crippen molar-refractivity contribution in [3.8, 4) is 0 Å². The number of hydrogen-bond acceptors (Lipinski definition) is 3. The monoisotopic (exact) mass is 332 g/mol. The van der Waals surface area contributed by atoms with Gasteiger partial charge < -0.3 is 5.32 Å². The van der Waals surface area contributed by atoms with Gasteiger partial charge in [0.15, 0.2) is 0 Å². The Morgan fingerprint density at radius 2 is 2.05 bits per heavy atom. The lowest BCUT2D eigenvalue weighted by Gasteiger charge is -2.23. The second-order valence-corrected chi connectivity index (χ2v) is 8.17. The first-order valence-electron chi connectivity index (χ1n) is 7.12. The first-order chi connectivity index (χ1) is 9.94. The Balaban J connectivity index is 1.75. The van der Waals surface area contributed by atoms with E-state index in [1.807, 2.05) is 0 Å². The van der Waals surface area contributed by atoms with Gasteiger partial charge in [-0.3, -0.25) is 0 Å². The van der Waals surface area contributed by atoms with Crippen LogP contribution in [0.4, 0.5) is 4.39 Å². The van der Waals surface area contributed by atoms with Gasteiger partial charge in [-0.2, -0.15) is 0 Å². The van der Waals surface area contributed by atoms with Crippen molar-refractivity contribution in [3.63, 3.8) is 0 Å². The van der Waals surface area contributed by atoms with E-state index >= 15 is 0 Å². The maximum absolute atomic E-state index is 13.1. The van der Waals surface area contributed by atoms with Gasteiger partial charge in [-0.05, 0) is 37.0 Å². The molecule has 0 spiro atoms. The second-order valence-electron chi connectivity index (χ2n) is 5.79. The molecule has 21 heavy (non-hydrogen) atoms. The van der Waals surface area contributed by atoms with Crippen LogP contribution in [-0.4, -0.2) is 37.9 Å². The van der Waals surface area contributed by atoms with Gasteiger partial charge in [0, 0.05) is 25.2 Å². The molecule has 4 nitrogen and oxygen atoms in total. The van der Waals surface area contributed by atoms with Crippen LogP contribution in [0.1, 0.15) is 24.8 Å². The summed E-state index contributed by atoms with van der Waals surface area (Å²) in [6.07, 6.45) is 3.01. The van der Waals surface area contributed by atoms with Crippen LogP contribution in [0, 0.1) is 5.82 Å². The average Bonchev–Trinajstić information content (AvgIpc) is 2.72. The molecule has 1 aromatic carbocycles. The molecule has 2 atom stereocenters. The molecule has 116 valence electrons. The van der Waals surface area contributed by atoms with E-state index in [4.69, 9.17) is 11.6 Å². The van der Waals surface area contributed by atoms with Crippen LogP contribution in [0.3, 0.4) is 0 Å². The number of sulfonamides is 1. The van der Waals surface area contributed by atoms with Gasteiger partial charge in [-0.25, -0.2) is 17.1 Å². The SMILES string of the molecule is O=S(=O)(Cc1ccc(F)c(Cl)c1)N1CCC2CCC(C1)N2. The van der Waals surface area contributed by atoms with Gasteiger partial charge in [-0.1, -0.05) is 17.7 Å². The Kier molecular flexibility index (Phi) is 4.23. The number of halogens is 2. The highest BCUT2D eigenvalue weighted by Gasteiger charge is 2.34. The predicted octanol–water partition coefficient (Wildman–Crippen LogP) is 2.14. The minimum Gasteiger partial charge on any atom is -0.310 e. The van der Waals surface area contributed by atoms with E-state index in [1.165, 1.54) is 18.2 Å². The van der Waals surface area contributed by atoms with Crippen molar-refractivity contribution >= 4 is 21.6 Å². The first kappa shape index (κ1) is 15.2. The lowest BCUT2D eigenvalue weighted by molar-refractivity contribution is 0.383. The van der Waals surface area contributed by atoms with E-state index in [0.717, 1.165) is 19.3 Å². The molecule has 0 aliphatic carbocycles. The number of benzene rings is 1. The average molecular weight is 333 g/mol. The van der Waals surface area contributed by atoms with Crippen molar-refractivity contribution in [1.29, 1.82) is 0 Å². The second kappa shape index (κ2) is 5.83. The van der Waals surface area contributed by atoms with Crippen LogP contribution in [0.15, 0.2) is 18.2 Å². The summed E-state index contributed by atoms with van der Waals surface area (Å²) in [4.78, 5) is 0. The third kappa shape index (κ3) is 3.39. The molecule has 0 aromatic heterocycles. The number of hydrogen-bond donors (Lipinski definition) is 1. The topological polar surface area (TPSA) is 49.4 Å². The van der Waals surface area contributed by atoms with E-state index in [1.54, 1.807) is 4.31 Å². The van der Waals surface area contributed by atoms with Gasteiger partial charge >= 0.3 is 0 Å². The Hall–Kier alpha value is -0.690. The Bertz CT molecular complexity index is 638. The lowest BCUT2D eigenvalue weighted by Crippen LogP contribution is -2.39. The number of rotatable bonds is 3. The molecular formula is C14H18ClFN2O2S. The van der Waals surface area contributed by atoms with E-state index in [9.17, 15) is 12.8 Å². The van der Waals surface area contributed by atoms with Crippen LogP contribution < -0.4 is 5.32 Å². The van der Waals surface area contributed by atoms with E-state index in [0.29, 0.717) is 24.7 Å². The summed E-state index contributed by atoms with van der Waals surface area (Å²) < 4.78 is 39.8. The van der Waals surface area contributed by atoms with Gasteiger partial charge in [0.25, 0.3) is 0 Å². The standard InChI is InChI=1S/C14H18ClFN2O2S/c15-13-7-10(1-4-14(13)16)9-21(19,20)18-6-5-11-2-3-12(8-18)17-11/h1,4,7,11-12,17H,2-3,5-6,8-9H2. The third-order valence-electron chi connectivity index (χ3n) is 4.21. The van der Waals surface area contributed by atoms with Crippen molar-refractivity contribution in [2.75, 3.05) is 13.1 Å². The minimum absolute atomic E-state index is 0.0423. The highest BCUT2D eigenvalue weighted by molar-refractivity contribution is 7.88. The minimum atomic E-state index is -3.40. The fourth-order valence-corrected chi connectivity index (χ4v) is 4.87. The molecule has 7 heteroatoms. The maximum atomic E-state index is 13.1. The van der Waals surface area contributed by atoms with Gasteiger partial charge in [-0.15, -0.1) is 0 Å². The van der Waals surface area contributed by atoms with Gasteiger partial charge in [0.1, 0.15) is 5.82 Å². The zero-order chi connectivity index (χ0) is 15.0. The van der Waals surface area contributed by atoms with E-state index < -0.39 is 15.8 Å². The Morgan fingerprint density at radius 1 is 1.29 bits per heavy atom. The molecule has 2 bridgehead atoms. The number of fused-ring (bicyclic) bond motifs is 2. The molecule has 2 aliphatic heterocycles. The molecule has 2 heterocycles. The normalized spacial score (nSPS) is 26.8. The number of nitrogens with one attached hydrogen (secondary N) is 1. The molecule has 1 N–H and O–H groups in total. The molecule has 2 saturated heterocycles. The smallest absolute Gasteiger partial charge is 0.218 e. The highest BCUT2D eigenvalue weighted by atomic mass is 35.5. The molecule has 2 unspecified atom stereocenters. The van der Waals surface area contributed by atoms with Crippen LogP contribution in [0.5, 0.6) is 0 Å². The van der Waals surface area contributed by atoms with Crippen LogP contribution in [0.2, 0.25) is 5.02 Å². The maximum Gasteiger partial charge on any atom is 0.218 e. The van der Waals surface area contributed by atoms with Crippen LogP contribution >= 0.6 is 11.6 Å². The zero-order valence-corrected chi connectivity index (χ0v) is 13.1. The quantitative estimate of drug-likeness (QED) is 0.922. The predicted molar refractivity (Wildman–Crippen MR) is 80.2 cm³/mol. The van der Waals surface area contributed by atoms with Gasteiger partial charge in [0.05, 0.1) is 10.8 Å². The summed E-state index contributed by atoms with van der Waals surface area (Å²) in [7, 11) is -3.40. The summed E-state index contributed by atoms with van der Waals surface area (Å²) in [6, 6.07) is 4.76. The van der Waals surface area contributed by atoms with Crippen LogP contribution in [0.25, 0.3) is 0 Å². The molecule has 2 fully saturated rings. The van der Waals surface area contributed by atoms with Crippen molar-refractivity contribution in [3.05, 3.63) is 34.6 Å². The molecule has 3 rings (SSSR count). The van der Waals surface area contributed by atoms with Crippen LogP contribution in [-0.2, 0) is 15.8 Å². The van der Waals surface area contributed by atoms with Crippen molar-refractivity contribution in [1.82, 2.24) is 9.62 Å². The first-order valence-corrected chi connectivity index (χ1v) is 9.10. The van der Waals surface area contributed by atoms with Crippen molar-refractivity contribution < 1.29 is 12.8 Å². The number of nitrogens with zero attached hydrogens (tertiary/aromatic N) is 1. The molecule has 2 aliphatic rings. The van der Waals surface area contributed by atoms with Gasteiger partial charge in [0.2, 0.25) is 10.0 Å². The van der Waals surface area contributed by atoms with Crippen molar-refractivity contribution in [2.24, 2.45) is 0 Å². The molecule has 0 saturated carbocycles. The summed E-state index contributed by atoms with van der Waals surface area (Å²) in [5.74, 6) is -0.668. The molecular weight excluding hydrogens is 315 g/mol. The summed E-state index contributed by atoms with van der Waals surface area (Å²) in [5.41, 5.74) is 0.517. The Labute approximate surface area is 129 Å². The lowest BCUT2D eigenvalue weighted by atomic mass is 10.1. The Morgan fingerprint density at radius 3 is 2.81 bits per heavy atom. The van der Waals surface area contributed by atoms with Crippen molar-refractivity contribution in [2.45, 2.75) is 37.1 Å². The molecule has 0 radical (unpaired) electrons. The summed E-state index contributed by atoms with van der Waals surface area (Å²) in [6.45, 7) is 1.07.